The van der Waals surface area contributed by atoms with Gasteiger partial charge in [0.25, 0.3) is 0 Å². The number of aldehydes is 1. The van der Waals surface area contributed by atoms with Gasteiger partial charge in [0.05, 0.1) is 24.0 Å². The summed E-state index contributed by atoms with van der Waals surface area (Å²) in [4.78, 5) is 36.6. The summed E-state index contributed by atoms with van der Waals surface area (Å²) in [6.07, 6.45) is 3.16. The molecule has 3 aromatic rings. The first kappa shape index (κ1) is 19.6. The monoisotopic (exact) mass is 455 g/mol. The Hall–Kier alpha value is -2.67. The summed E-state index contributed by atoms with van der Waals surface area (Å²) in [6.45, 7) is 2.42. The van der Waals surface area contributed by atoms with Gasteiger partial charge in [-0.1, -0.05) is 41.4 Å². The molecular formula is C22H22BrN3O3. The molecule has 2 aromatic carbocycles. The molecule has 2 heterocycles. The van der Waals surface area contributed by atoms with Gasteiger partial charge in [0.1, 0.15) is 6.29 Å². The molecule has 29 heavy (non-hydrogen) atoms. The second kappa shape index (κ2) is 7.99. The van der Waals surface area contributed by atoms with E-state index in [-0.39, 0.29) is 17.6 Å². The fourth-order valence-electron chi connectivity index (χ4n) is 4.21. The molecule has 1 atom stereocenters. The molecule has 150 valence electrons. The highest BCUT2D eigenvalue weighted by Crippen LogP contribution is 2.32. The number of nitrogens with zero attached hydrogens (tertiary/aromatic N) is 2. The summed E-state index contributed by atoms with van der Waals surface area (Å²) >= 11 is 3.50. The van der Waals surface area contributed by atoms with Gasteiger partial charge < -0.3 is 10.1 Å². The third-order valence-corrected chi connectivity index (χ3v) is 5.93. The normalized spacial score (nSPS) is 14.1. The number of benzene rings is 2. The number of anilines is 1. The van der Waals surface area contributed by atoms with Crippen molar-refractivity contribution in [2.24, 2.45) is 0 Å². The predicted molar refractivity (Wildman–Crippen MR) is 116 cm³/mol. The van der Waals surface area contributed by atoms with Crippen LogP contribution in [-0.4, -0.2) is 21.3 Å². The molecule has 0 aliphatic carbocycles. The second-order valence-electron chi connectivity index (χ2n) is 7.39. The van der Waals surface area contributed by atoms with E-state index in [9.17, 15) is 14.4 Å². The first-order valence-corrected chi connectivity index (χ1v) is 10.6. The minimum Gasteiger partial charge on any atom is -0.325 e. The zero-order chi connectivity index (χ0) is 20.5. The molecular weight excluding hydrogens is 434 g/mol. The lowest BCUT2D eigenvalue weighted by molar-refractivity contribution is -0.115. The Morgan fingerprint density at radius 3 is 2.69 bits per heavy atom. The van der Waals surface area contributed by atoms with E-state index in [0.29, 0.717) is 19.4 Å². The lowest BCUT2D eigenvalue weighted by Crippen LogP contribution is -2.28. The maximum atomic E-state index is 13.4. The van der Waals surface area contributed by atoms with Crippen LogP contribution in [-0.2, 0) is 22.6 Å². The van der Waals surface area contributed by atoms with Crippen LogP contribution in [0.4, 0.5) is 5.69 Å². The van der Waals surface area contributed by atoms with E-state index in [0.717, 1.165) is 51.4 Å². The van der Waals surface area contributed by atoms with Crippen molar-refractivity contribution in [2.75, 3.05) is 5.32 Å². The molecule has 0 spiro atoms. The van der Waals surface area contributed by atoms with E-state index >= 15 is 0 Å². The van der Waals surface area contributed by atoms with Gasteiger partial charge in [-0.05, 0) is 41.8 Å². The fraction of sp³-hybridized carbons (Fsp3) is 0.318. The molecule has 1 amide bonds. The van der Waals surface area contributed by atoms with Gasteiger partial charge in [0, 0.05) is 22.6 Å². The van der Waals surface area contributed by atoms with Crippen LogP contribution >= 0.6 is 15.9 Å². The summed E-state index contributed by atoms with van der Waals surface area (Å²) in [5.41, 5.74) is 4.19. The van der Waals surface area contributed by atoms with Crippen LogP contribution < -0.4 is 11.0 Å². The minimum atomic E-state index is -0.160. The molecule has 1 N–H and O–H groups in total. The Balaban J connectivity index is 1.87. The molecule has 7 heteroatoms. The molecule has 1 aromatic heterocycles. The first-order valence-electron chi connectivity index (χ1n) is 9.78. The van der Waals surface area contributed by atoms with Crippen LogP contribution in [0.1, 0.15) is 43.4 Å². The van der Waals surface area contributed by atoms with Gasteiger partial charge in [-0.15, -0.1) is 0 Å². The Kier molecular flexibility index (Phi) is 5.41. The summed E-state index contributed by atoms with van der Waals surface area (Å²) in [5, 5.41) is 2.87. The molecule has 0 fully saturated rings. The highest BCUT2D eigenvalue weighted by Gasteiger charge is 2.24. The average molecular weight is 456 g/mol. The van der Waals surface area contributed by atoms with Gasteiger partial charge in [-0.3, -0.25) is 13.9 Å². The third-order valence-electron chi connectivity index (χ3n) is 5.47. The van der Waals surface area contributed by atoms with Crippen molar-refractivity contribution in [3.8, 4) is 0 Å². The Morgan fingerprint density at radius 2 is 1.97 bits per heavy atom. The highest BCUT2D eigenvalue weighted by molar-refractivity contribution is 9.10. The van der Waals surface area contributed by atoms with E-state index in [1.165, 1.54) is 0 Å². The van der Waals surface area contributed by atoms with Crippen LogP contribution in [0.2, 0.25) is 0 Å². The number of hydrogen-bond acceptors (Lipinski definition) is 3. The standard InChI is InChI=1S/C22H22BrN3O3/c1-2-5-16(8-9-27)26-20-7-4-3-6-19(20)25(22(26)29)13-14-10-15(23)11-18-17(14)12-21(28)24-18/h3-4,6-7,9-11,16H,2,5,8,12-13H2,1H3,(H,24,28). The SMILES string of the molecule is CCCC(CC=O)n1c(=O)n(Cc2cc(Br)cc3c2CC(=O)N3)c2ccccc21. The lowest BCUT2D eigenvalue weighted by Gasteiger charge is -2.15. The van der Waals surface area contributed by atoms with Crippen LogP contribution in [0.25, 0.3) is 11.0 Å². The van der Waals surface area contributed by atoms with E-state index in [1.807, 2.05) is 36.4 Å². The van der Waals surface area contributed by atoms with E-state index in [2.05, 4.69) is 28.2 Å². The third kappa shape index (κ3) is 3.55. The van der Waals surface area contributed by atoms with Crippen LogP contribution in [0.15, 0.2) is 45.7 Å². The molecule has 6 nitrogen and oxygen atoms in total. The summed E-state index contributed by atoms with van der Waals surface area (Å²) in [7, 11) is 0. The smallest absolute Gasteiger partial charge is 0.325 e. The molecule has 0 radical (unpaired) electrons. The zero-order valence-electron chi connectivity index (χ0n) is 16.2. The quantitative estimate of drug-likeness (QED) is 0.546. The minimum absolute atomic E-state index is 0.0388. The Morgan fingerprint density at radius 1 is 1.21 bits per heavy atom. The molecule has 4 rings (SSSR count). The summed E-state index contributed by atoms with van der Waals surface area (Å²) < 4.78 is 4.36. The largest absolute Gasteiger partial charge is 0.329 e. The Bertz CT molecular complexity index is 1160. The van der Waals surface area contributed by atoms with Crippen LogP contribution in [0.5, 0.6) is 0 Å². The van der Waals surface area contributed by atoms with Crippen LogP contribution in [0, 0.1) is 0 Å². The van der Waals surface area contributed by atoms with Crippen molar-refractivity contribution < 1.29 is 9.59 Å². The summed E-state index contributed by atoms with van der Waals surface area (Å²) in [5.74, 6) is -0.0388. The number of carbonyl (C=O) groups is 2. The van der Waals surface area contributed by atoms with E-state index in [1.54, 1.807) is 9.13 Å². The van der Waals surface area contributed by atoms with Crippen molar-refractivity contribution in [3.05, 3.63) is 62.5 Å². The fourth-order valence-corrected chi connectivity index (χ4v) is 4.72. The number of carbonyl (C=O) groups excluding carboxylic acids is 2. The number of halogens is 1. The van der Waals surface area contributed by atoms with Crippen molar-refractivity contribution in [3.63, 3.8) is 0 Å². The van der Waals surface area contributed by atoms with Crippen molar-refractivity contribution in [2.45, 2.75) is 45.2 Å². The zero-order valence-corrected chi connectivity index (χ0v) is 17.7. The van der Waals surface area contributed by atoms with Crippen molar-refractivity contribution >= 4 is 44.8 Å². The second-order valence-corrected chi connectivity index (χ2v) is 8.30. The maximum absolute atomic E-state index is 13.4. The topological polar surface area (TPSA) is 73.1 Å². The highest BCUT2D eigenvalue weighted by atomic mass is 79.9. The van der Waals surface area contributed by atoms with Crippen molar-refractivity contribution in [1.82, 2.24) is 9.13 Å². The van der Waals surface area contributed by atoms with Gasteiger partial charge >= 0.3 is 5.69 Å². The molecule has 1 unspecified atom stereocenters. The number of imidazole rings is 1. The first-order chi connectivity index (χ1) is 14.0. The maximum Gasteiger partial charge on any atom is 0.329 e. The number of rotatable bonds is 7. The van der Waals surface area contributed by atoms with Crippen molar-refractivity contribution in [1.29, 1.82) is 0 Å². The van der Waals surface area contributed by atoms with Gasteiger partial charge in [0.15, 0.2) is 0 Å². The molecule has 0 saturated heterocycles. The van der Waals surface area contributed by atoms with Gasteiger partial charge in [-0.2, -0.15) is 0 Å². The number of para-hydroxylation sites is 2. The summed E-state index contributed by atoms with van der Waals surface area (Å²) in [6, 6.07) is 11.4. The van der Waals surface area contributed by atoms with E-state index < -0.39 is 0 Å². The average Bonchev–Trinajstić information content (AvgIpc) is 3.19. The van der Waals surface area contributed by atoms with E-state index in [4.69, 9.17) is 0 Å². The number of amides is 1. The number of aromatic nitrogens is 2. The molecule has 1 aliphatic rings. The van der Waals surface area contributed by atoms with Gasteiger partial charge in [-0.25, -0.2) is 4.79 Å². The van der Waals surface area contributed by atoms with Crippen LogP contribution in [0.3, 0.4) is 0 Å². The lowest BCUT2D eigenvalue weighted by atomic mass is 10.0. The Labute approximate surface area is 176 Å². The molecule has 0 bridgehead atoms. The predicted octanol–water partition coefficient (Wildman–Crippen LogP) is 4.04. The molecule has 0 saturated carbocycles. The molecule has 1 aliphatic heterocycles. The van der Waals surface area contributed by atoms with Gasteiger partial charge in [0.2, 0.25) is 5.91 Å². The number of hydrogen-bond donors (Lipinski definition) is 1. The number of fused-ring (bicyclic) bond motifs is 2. The number of nitrogens with one attached hydrogen (secondary N) is 1.